The van der Waals surface area contributed by atoms with Gasteiger partial charge in [0.2, 0.25) is 23.6 Å². The molecule has 0 bridgehead atoms. The highest BCUT2D eigenvalue weighted by atomic mass is 35.5. The number of carbonyl (C=O) groups excluding carboxylic acids is 2. The second-order valence-electron chi connectivity index (χ2n) is 8.52. The molecular weight excluding hydrogens is 440 g/mol. The van der Waals surface area contributed by atoms with Gasteiger partial charge in [0.05, 0.1) is 23.0 Å². The molecule has 1 atom stereocenters. The molecule has 4 rings (SSSR count). The van der Waals surface area contributed by atoms with Gasteiger partial charge in [0.1, 0.15) is 0 Å². The molecule has 2 aromatic carbocycles. The van der Waals surface area contributed by atoms with Gasteiger partial charge in [0.15, 0.2) is 0 Å². The summed E-state index contributed by atoms with van der Waals surface area (Å²) in [6.07, 6.45) is 1.000. The van der Waals surface area contributed by atoms with Crippen molar-refractivity contribution in [3.05, 3.63) is 71.1 Å². The highest BCUT2D eigenvalue weighted by Crippen LogP contribution is 2.27. The van der Waals surface area contributed by atoms with Crippen LogP contribution >= 0.6 is 11.6 Å². The van der Waals surface area contributed by atoms with Crippen LogP contribution < -0.4 is 0 Å². The van der Waals surface area contributed by atoms with Gasteiger partial charge < -0.3 is 14.2 Å². The number of likely N-dealkylation sites (tertiary alicyclic amines) is 1. The first-order chi connectivity index (χ1) is 15.9. The zero-order chi connectivity index (χ0) is 23.4. The monoisotopic (exact) mass is 466 g/mol. The SMILES string of the molecule is CC(C)N(Cc1nnc(-c2ccccc2Cl)o1)C(=O)C1CC(=O)N(CCc2ccccc2)C1. The third-order valence-corrected chi connectivity index (χ3v) is 6.19. The fourth-order valence-corrected chi connectivity index (χ4v) is 4.24. The largest absolute Gasteiger partial charge is 0.419 e. The zero-order valence-electron chi connectivity index (χ0n) is 18.8. The average molecular weight is 467 g/mol. The Hall–Kier alpha value is -3.19. The topological polar surface area (TPSA) is 79.5 Å². The quantitative estimate of drug-likeness (QED) is 0.496. The Kier molecular flexibility index (Phi) is 7.08. The summed E-state index contributed by atoms with van der Waals surface area (Å²) < 4.78 is 5.80. The van der Waals surface area contributed by atoms with Crippen LogP contribution in [0.3, 0.4) is 0 Å². The summed E-state index contributed by atoms with van der Waals surface area (Å²) in [5.74, 6) is 0.221. The third-order valence-electron chi connectivity index (χ3n) is 5.86. The molecule has 3 aromatic rings. The van der Waals surface area contributed by atoms with E-state index in [1.807, 2.05) is 56.3 Å². The van der Waals surface area contributed by atoms with Crippen molar-refractivity contribution >= 4 is 23.4 Å². The van der Waals surface area contributed by atoms with Gasteiger partial charge in [-0.15, -0.1) is 10.2 Å². The van der Waals surface area contributed by atoms with Crippen LogP contribution in [0.25, 0.3) is 11.5 Å². The van der Waals surface area contributed by atoms with Crippen LogP contribution in [0.2, 0.25) is 5.02 Å². The number of carbonyl (C=O) groups is 2. The highest BCUT2D eigenvalue weighted by molar-refractivity contribution is 6.33. The molecule has 7 nitrogen and oxygen atoms in total. The molecule has 0 saturated carbocycles. The van der Waals surface area contributed by atoms with Crippen LogP contribution in [-0.4, -0.2) is 50.9 Å². The summed E-state index contributed by atoms with van der Waals surface area (Å²) in [7, 11) is 0. The molecule has 2 heterocycles. The number of amides is 2. The van der Waals surface area contributed by atoms with Crippen LogP contribution in [0.15, 0.2) is 59.0 Å². The molecular formula is C25H27ClN4O3. The maximum atomic E-state index is 13.3. The first kappa shape index (κ1) is 23.0. The number of benzene rings is 2. The first-order valence-electron chi connectivity index (χ1n) is 11.1. The van der Waals surface area contributed by atoms with Gasteiger partial charge in [0, 0.05) is 25.6 Å². The normalized spacial score (nSPS) is 15.9. The van der Waals surface area contributed by atoms with Crippen molar-refractivity contribution < 1.29 is 14.0 Å². The Morgan fingerprint density at radius 1 is 1.15 bits per heavy atom. The van der Waals surface area contributed by atoms with Crippen LogP contribution in [0.1, 0.15) is 31.7 Å². The lowest BCUT2D eigenvalue weighted by Crippen LogP contribution is -2.41. The Morgan fingerprint density at radius 3 is 2.61 bits per heavy atom. The zero-order valence-corrected chi connectivity index (χ0v) is 19.5. The van der Waals surface area contributed by atoms with E-state index in [0.717, 1.165) is 6.42 Å². The maximum absolute atomic E-state index is 13.3. The molecule has 1 aliphatic heterocycles. The van der Waals surface area contributed by atoms with Gasteiger partial charge in [-0.25, -0.2) is 0 Å². The smallest absolute Gasteiger partial charge is 0.249 e. The fourth-order valence-electron chi connectivity index (χ4n) is 4.02. The van der Waals surface area contributed by atoms with E-state index >= 15 is 0 Å². The number of hydrogen-bond donors (Lipinski definition) is 0. The molecule has 1 saturated heterocycles. The van der Waals surface area contributed by atoms with E-state index in [0.29, 0.717) is 35.5 Å². The summed E-state index contributed by atoms with van der Waals surface area (Å²) in [6.45, 7) is 5.10. The van der Waals surface area contributed by atoms with Gasteiger partial charge in [-0.05, 0) is 38.0 Å². The average Bonchev–Trinajstić information content (AvgIpc) is 3.43. The first-order valence-corrected chi connectivity index (χ1v) is 11.5. The minimum Gasteiger partial charge on any atom is -0.419 e. The number of nitrogens with zero attached hydrogens (tertiary/aromatic N) is 4. The molecule has 172 valence electrons. The van der Waals surface area contributed by atoms with E-state index in [2.05, 4.69) is 10.2 Å². The van der Waals surface area contributed by atoms with Crippen molar-refractivity contribution in [1.29, 1.82) is 0 Å². The van der Waals surface area contributed by atoms with E-state index in [-0.39, 0.29) is 36.7 Å². The van der Waals surface area contributed by atoms with Crippen molar-refractivity contribution in [1.82, 2.24) is 20.0 Å². The lowest BCUT2D eigenvalue weighted by Gasteiger charge is -2.28. The van der Waals surface area contributed by atoms with Crippen LogP contribution in [0, 0.1) is 5.92 Å². The van der Waals surface area contributed by atoms with Crippen molar-refractivity contribution in [3.8, 4) is 11.5 Å². The molecule has 1 aliphatic rings. The van der Waals surface area contributed by atoms with Gasteiger partial charge in [-0.3, -0.25) is 9.59 Å². The summed E-state index contributed by atoms with van der Waals surface area (Å²) in [5.41, 5.74) is 1.82. The van der Waals surface area contributed by atoms with Gasteiger partial charge in [-0.1, -0.05) is 54.1 Å². The lowest BCUT2D eigenvalue weighted by atomic mass is 10.1. The van der Waals surface area contributed by atoms with Gasteiger partial charge in [-0.2, -0.15) is 0 Å². The highest BCUT2D eigenvalue weighted by Gasteiger charge is 2.37. The van der Waals surface area contributed by atoms with Gasteiger partial charge >= 0.3 is 0 Å². The number of hydrogen-bond acceptors (Lipinski definition) is 5. The van der Waals surface area contributed by atoms with E-state index in [1.165, 1.54) is 5.56 Å². The Balaban J connectivity index is 1.40. The van der Waals surface area contributed by atoms with Crippen LogP contribution in [0.5, 0.6) is 0 Å². The molecule has 0 radical (unpaired) electrons. The van der Waals surface area contributed by atoms with Crippen molar-refractivity contribution in [2.24, 2.45) is 5.92 Å². The molecule has 33 heavy (non-hydrogen) atoms. The Morgan fingerprint density at radius 2 is 1.88 bits per heavy atom. The number of halogens is 1. The lowest BCUT2D eigenvalue weighted by molar-refractivity contribution is -0.138. The predicted molar refractivity (Wildman–Crippen MR) is 125 cm³/mol. The van der Waals surface area contributed by atoms with E-state index in [9.17, 15) is 9.59 Å². The minimum absolute atomic E-state index is 0.0202. The molecule has 0 N–H and O–H groups in total. The van der Waals surface area contributed by atoms with E-state index < -0.39 is 0 Å². The summed E-state index contributed by atoms with van der Waals surface area (Å²) in [5, 5.41) is 8.72. The molecule has 1 aromatic heterocycles. The second kappa shape index (κ2) is 10.2. The van der Waals surface area contributed by atoms with Gasteiger partial charge in [0.25, 0.3) is 0 Å². The number of aromatic nitrogens is 2. The van der Waals surface area contributed by atoms with Crippen LogP contribution in [-0.2, 0) is 22.6 Å². The number of rotatable bonds is 8. The Labute approximate surface area is 198 Å². The summed E-state index contributed by atoms with van der Waals surface area (Å²) in [6, 6.07) is 17.2. The molecule has 1 fully saturated rings. The summed E-state index contributed by atoms with van der Waals surface area (Å²) >= 11 is 6.22. The standard InChI is InChI=1S/C25H27ClN4O3/c1-17(2)30(16-22-27-28-24(33-22)20-10-6-7-11-21(20)26)25(32)19-14-23(31)29(15-19)13-12-18-8-4-3-5-9-18/h3-11,17,19H,12-16H2,1-2H3. The Bertz CT molecular complexity index is 1120. The third kappa shape index (κ3) is 5.42. The van der Waals surface area contributed by atoms with Crippen molar-refractivity contribution in [2.75, 3.05) is 13.1 Å². The van der Waals surface area contributed by atoms with Crippen LogP contribution in [0.4, 0.5) is 0 Å². The second-order valence-corrected chi connectivity index (χ2v) is 8.92. The molecule has 0 spiro atoms. The predicted octanol–water partition coefficient (Wildman–Crippen LogP) is 4.22. The van der Waals surface area contributed by atoms with E-state index in [4.69, 9.17) is 16.0 Å². The van der Waals surface area contributed by atoms with Crippen molar-refractivity contribution in [2.45, 2.75) is 39.3 Å². The molecule has 8 heteroatoms. The molecule has 2 amide bonds. The van der Waals surface area contributed by atoms with E-state index in [1.54, 1.807) is 21.9 Å². The molecule has 1 unspecified atom stereocenters. The maximum Gasteiger partial charge on any atom is 0.249 e. The summed E-state index contributed by atoms with van der Waals surface area (Å²) in [4.78, 5) is 29.4. The molecule has 0 aliphatic carbocycles. The fraction of sp³-hybridized carbons (Fsp3) is 0.360. The van der Waals surface area contributed by atoms with Crippen molar-refractivity contribution in [3.63, 3.8) is 0 Å². The minimum atomic E-state index is -0.373.